The Morgan fingerprint density at radius 2 is 2.30 bits per heavy atom. The molecule has 1 aromatic heterocycles. The Balaban J connectivity index is 1.90. The molecule has 0 spiro atoms. The van der Waals surface area contributed by atoms with Crippen LogP contribution >= 0.6 is 11.3 Å². The van der Waals surface area contributed by atoms with Crippen LogP contribution in [0.25, 0.3) is 0 Å². The van der Waals surface area contributed by atoms with Crippen LogP contribution in [0.15, 0.2) is 17.5 Å². The molecule has 2 unspecified atom stereocenters. The monoisotopic (exact) mass is 294 g/mol. The van der Waals surface area contributed by atoms with Gasteiger partial charge in [0.25, 0.3) is 0 Å². The zero-order chi connectivity index (χ0) is 14.4. The first-order valence-corrected chi connectivity index (χ1v) is 9.06. The van der Waals surface area contributed by atoms with Crippen molar-refractivity contribution in [2.45, 2.75) is 58.5 Å². The van der Waals surface area contributed by atoms with E-state index in [1.807, 2.05) is 11.3 Å². The molecule has 3 heteroatoms. The number of nitrogens with one attached hydrogen (secondary N) is 1. The van der Waals surface area contributed by atoms with Gasteiger partial charge in [0.15, 0.2) is 0 Å². The second-order valence-corrected chi connectivity index (χ2v) is 7.53. The first-order valence-electron chi connectivity index (χ1n) is 8.18. The van der Waals surface area contributed by atoms with Crippen LogP contribution in [0.3, 0.4) is 0 Å². The third-order valence-electron chi connectivity index (χ3n) is 4.22. The lowest BCUT2D eigenvalue weighted by Gasteiger charge is -2.41. The third kappa shape index (κ3) is 4.87. The molecule has 0 radical (unpaired) electrons. The van der Waals surface area contributed by atoms with Crippen LogP contribution in [0.1, 0.15) is 44.9 Å². The molecule has 2 nitrogen and oxygen atoms in total. The Morgan fingerprint density at radius 1 is 1.45 bits per heavy atom. The van der Waals surface area contributed by atoms with Gasteiger partial charge in [0.05, 0.1) is 0 Å². The van der Waals surface area contributed by atoms with Gasteiger partial charge in [-0.05, 0) is 36.6 Å². The molecule has 1 saturated heterocycles. The predicted molar refractivity (Wildman–Crippen MR) is 89.5 cm³/mol. The van der Waals surface area contributed by atoms with E-state index in [4.69, 9.17) is 0 Å². The van der Waals surface area contributed by atoms with E-state index in [-0.39, 0.29) is 0 Å². The zero-order valence-electron chi connectivity index (χ0n) is 13.3. The minimum absolute atomic E-state index is 0.701. The summed E-state index contributed by atoms with van der Waals surface area (Å²) in [6.07, 6.45) is 5.12. The lowest BCUT2D eigenvalue weighted by molar-refractivity contribution is 0.112. The summed E-state index contributed by atoms with van der Waals surface area (Å²) in [5, 5.41) is 5.95. The van der Waals surface area contributed by atoms with E-state index in [1.54, 1.807) is 0 Å². The van der Waals surface area contributed by atoms with E-state index in [9.17, 15) is 0 Å². The molecule has 0 amide bonds. The summed E-state index contributed by atoms with van der Waals surface area (Å²) in [6.45, 7) is 10.6. The Hall–Kier alpha value is -0.380. The minimum atomic E-state index is 0.701. The van der Waals surface area contributed by atoms with Crippen molar-refractivity contribution in [2.75, 3.05) is 19.6 Å². The quantitative estimate of drug-likeness (QED) is 0.823. The highest BCUT2D eigenvalue weighted by Crippen LogP contribution is 2.19. The van der Waals surface area contributed by atoms with E-state index in [2.05, 4.69) is 48.5 Å². The van der Waals surface area contributed by atoms with Gasteiger partial charge < -0.3 is 5.32 Å². The van der Waals surface area contributed by atoms with Gasteiger partial charge in [-0.1, -0.05) is 33.3 Å². The molecule has 0 saturated carbocycles. The highest BCUT2D eigenvalue weighted by Gasteiger charge is 2.27. The number of hydrogen-bond donors (Lipinski definition) is 1. The third-order valence-corrected chi connectivity index (χ3v) is 5.16. The fourth-order valence-electron chi connectivity index (χ4n) is 3.23. The van der Waals surface area contributed by atoms with Gasteiger partial charge in [-0.25, -0.2) is 0 Å². The lowest BCUT2D eigenvalue weighted by atomic mass is 9.97. The molecular formula is C17H30N2S. The van der Waals surface area contributed by atoms with Crippen LogP contribution in [0.4, 0.5) is 0 Å². The molecule has 114 valence electrons. The van der Waals surface area contributed by atoms with Crippen molar-refractivity contribution >= 4 is 11.3 Å². The van der Waals surface area contributed by atoms with Gasteiger partial charge in [-0.15, -0.1) is 11.3 Å². The van der Waals surface area contributed by atoms with Crippen LogP contribution in [0.5, 0.6) is 0 Å². The van der Waals surface area contributed by atoms with E-state index in [1.165, 1.54) is 50.2 Å². The zero-order valence-corrected chi connectivity index (χ0v) is 14.1. The van der Waals surface area contributed by atoms with Gasteiger partial charge in [0.2, 0.25) is 0 Å². The molecule has 1 aliphatic rings. The fourth-order valence-corrected chi connectivity index (χ4v) is 3.93. The Bertz CT molecular complexity index is 361. The topological polar surface area (TPSA) is 15.3 Å². The maximum Gasteiger partial charge on any atom is 0.0223 e. The van der Waals surface area contributed by atoms with Crippen molar-refractivity contribution in [3.8, 4) is 0 Å². The molecule has 1 fully saturated rings. The highest BCUT2D eigenvalue weighted by atomic mass is 32.1. The number of rotatable bonds is 7. The van der Waals surface area contributed by atoms with Crippen LogP contribution in [-0.4, -0.2) is 36.6 Å². The van der Waals surface area contributed by atoms with Gasteiger partial charge >= 0.3 is 0 Å². The molecule has 20 heavy (non-hydrogen) atoms. The van der Waals surface area contributed by atoms with Crippen molar-refractivity contribution in [1.82, 2.24) is 10.2 Å². The summed E-state index contributed by atoms with van der Waals surface area (Å²) in [4.78, 5) is 4.27. The molecule has 0 bridgehead atoms. The summed E-state index contributed by atoms with van der Waals surface area (Å²) in [7, 11) is 0. The summed E-state index contributed by atoms with van der Waals surface area (Å²) in [5.74, 6) is 0.786. The van der Waals surface area contributed by atoms with Crippen molar-refractivity contribution < 1.29 is 0 Å². The van der Waals surface area contributed by atoms with Gasteiger partial charge in [-0.2, -0.15) is 0 Å². The van der Waals surface area contributed by atoms with Crippen molar-refractivity contribution in [3.63, 3.8) is 0 Å². The molecule has 1 aromatic rings. The first kappa shape index (κ1) is 16.0. The molecule has 1 N–H and O–H groups in total. The van der Waals surface area contributed by atoms with Gasteiger partial charge in [-0.3, -0.25) is 4.90 Å². The van der Waals surface area contributed by atoms with Crippen LogP contribution in [-0.2, 0) is 6.42 Å². The highest BCUT2D eigenvalue weighted by molar-refractivity contribution is 7.09. The second-order valence-electron chi connectivity index (χ2n) is 6.50. The average Bonchev–Trinajstić information content (AvgIpc) is 2.92. The molecule has 2 heterocycles. The van der Waals surface area contributed by atoms with E-state index in [0.29, 0.717) is 6.04 Å². The summed E-state index contributed by atoms with van der Waals surface area (Å²) >= 11 is 1.90. The average molecular weight is 295 g/mol. The van der Waals surface area contributed by atoms with Crippen molar-refractivity contribution in [1.29, 1.82) is 0 Å². The summed E-state index contributed by atoms with van der Waals surface area (Å²) in [5.41, 5.74) is 0. The summed E-state index contributed by atoms with van der Waals surface area (Å²) < 4.78 is 0. The number of thiophene rings is 1. The van der Waals surface area contributed by atoms with E-state index < -0.39 is 0 Å². The fraction of sp³-hybridized carbons (Fsp3) is 0.765. The van der Waals surface area contributed by atoms with E-state index >= 15 is 0 Å². The number of nitrogens with zero attached hydrogens (tertiary/aromatic N) is 1. The Labute approximate surface area is 128 Å². The van der Waals surface area contributed by atoms with Crippen LogP contribution in [0.2, 0.25) is 0 Å². The van der Waals surface area contributed by atoms with Crippen molar-refractivity contribution in [2.24, 2.45) is 5.92 Å². The standard InChI is InChI=1S/C17H30N2S/c1-4-6-15-13-19(9-8-17-7-5-10-20-17)16(12-18-15)11-14(2)3/h5,7,10,14-16,18H,4,6,8-9,11-13H2,1-3H3. The maximum absolute atomic E-state index is 3.76. The molecular weight excluding hydrogens is 264 g/mol. The molecule has 0 aromatic carbocycles. The SMILES string of the molecule is CCCC1CN(CCc2cccs2)C(CC(C)C)CN1. The Morgan fingerprint density at radius 3 is 2.95 bits per heavy atom. The van der Waals surface area contributed by atoms with Crippen LogP contribution < -0.4 is 5.32 Å². The summed E-state index contributed by atoms with van der Waals surface area (Å²) in [6, 6.07) is 5.87. The minimum Gasteiger partial charge on any atom is -0.311 e. The maximum atomic E-state index is 3.76. The number of hydrogen-bond acceptors (Lipinski definition) is 3. The normalized spacial score (nSPS) is 24.4. The number of piperazine rings is 1. The first-order chi connectivity index (χ1) is 9.69. The van der Waals surface area contributed by atoms with E-state index in [0.717, 1.165) is 12.0 Å². The largest absolute Gasteiger partial charge is 0.311 e. The Kier molecular flexibility index (Phi) is 6.53. The second kappa shape index (κ2) is 8.16. The molecule has 1 aliphatic heterocycles. The molecule has 0 aliphatic carbocycles. The van der Waals surface area contributed by atoms with Crippen LogP contribution in [0, 0.1) is 5.92 Å². The lowest BCUT2D eigenvalue weighted by Crippen LogP contribution is -2.57. The van der Waals surface area contributed by atoms with Gasteiger partial charge in [0.1, 0.15) is 0 Å². The van der Waals surface area contributed by atoms with Gasteiger partial charge in [0, 0.05) is 36.6 Å². The molecule has 2 atom stereocenters. The smallest absolute Gasteiger partial charge is 0.0223 e. The van der Waals surface area contributed by atoms with Crippen molar-refractivity contribution in [3.05, 3.63) is 22.4 Å². The predicted octanol–water partition coefficient (Wildman–Crippen LogP) is 3.78. The molecule has 2 rings (SSSR count).